The zero-order chi connectivity index (χ0) is 10.5. The van der Waals surface area contributed by atoms with Crippen LogP contribution in [0.4, 0.5) is 0 Å². The first kappa shape index (κ1) is 9.75. The van der Waals surface area contributed by atoms with E-state index in [4.69, 9.17) is 10.4 Å². The van der Waals surface area contributed by atoms with E-state index in [-0.39, 0.29) is 6.61 Å². The van der Waals surface area contributed by atoms with Crippen LogP contribution in [0.5, 0.6) is 0 Å². The first-order chi connectivity index (χ1) is 7.38. The highest BCUT2D eigenvalue weighted by Crippen LogP contribution is 2.05. The topological polar surface area (TPSA) is 87.1 Å². The molecule has 78 valence electrons. The maximum Gasteiger partial charge on any atom is 0.254 e. The van der Waals surface area contributed by atoms with Crippen molar-refractivity contribution in [3.8, 4) is 0 Å². The molecule has 2 aromatic heterocycles. The molecule has 2 rings (SSSR count). The van der Waals surface area contributed by atoms with Crippen molar-refractivity contribution < 1.29 is 9.36 Å². The molecule has 2 aromatic rings. The normalized spacial score (nSPS) is 10.5. The molecule has 0 amide bonds. The number of hydrogen-bond acceptors (Lipinski definition) is 6. The van der Waals surface area contributed by atoms with E-state index in [1.54, 1.807) is 12.4 Å². The van der Waals surface area contributed by atoms with Crippen molar-refractivity contribution in [2.24, 2.45) is 5.90 Å². The third kappa shape index (κ3) is 2.58. The molecular weight excluding hydrogens is 196 g/mol. The van der Waals surface area contributed by atoms with Gasteiger partial charge in [-0.2, -0.15) is 4.98 Å². The lowest BCUT2D eigenvalue weighted by atomic mass is 10.2. The minimum absolute atomic E-state index is 0.125. The van der Waals surface area contributed by atoms with Crippen LogP contribution in [0, 0.1) is 0 Å². The van der Waals surface area contributed by atoms with E-state index >= 15 is 0 Å². The van der Waals surface area contributed by atoms with Gasteiger partial charge in [0.05, 0.1) is 0 Å². The quantitative estimate of drug-likeness (QED) is 0.730. The Kier molecular flexibility index (Phi) is 3.01. The van der Waals surface area contributed by atoms with E-state index in [0.29, 0.717) is 18.1 Å². The number of hydrogen-bond donors (Lipinski definition) is 1. The van der Waals surface area contributed by atoms with E-state index < -0.39 is 0 Å². The number of rotatable bonds is 4. The predicted molar refractivity (Wildman–Crippen MR) is 50.3 cm³/mol. The van der Waals surface area contributed by atoms with Crippen molar-refractivity contribution in [3.05, 3.63) is 41.8 Å². The van der Waals surface area contributed by atoms with Crippen molar-refractivity contribution in [2.45, 2.75) is 13.0 Å². The van der Waals surface area contributed by atoms with Crippen LogP contribution >= 0.6 is 0 Å². The van der Waals surface area contributed by atoms with E-state index in [1.165, 1.54) is 0 Å². The summed E-state index contributed by atoms with van der Waals surface area (Å²) in [4.78, 5) is 12.5. The average Bonchev–Trinajstić information content (AvgIpc) is 2.68. The standard InChI is InChI=1S/C9H10N4O2/c10-14-6-9-12-8(13-15-9)4-7-2-1-3-11-5-7/h1-3,5H,4,6,10H2. The summed E-state index contributed by atoms with van der Waals surface area (Å²) in [6, 6.07) is 3.81. The van der Waals surface area contributed by atoms with Crippen LogP contribution in [-0.4, -0.2) is 15.1 Å². The van der Waals surface area contributed by atoms with Gasteiger partial charge in [0.2, 0.25) is 0 Å². The summed E-state index contributed by atoms with van der Waals surface area (Å²) in [6.45, 7) is 0.125. The van der Waals surface area contributed by atoms with Crippen LogP contribution in [0.3, 0.4) is 0 Å². The minimum atomic E-state index is 0.125. The van der Waals surface area contributed by atoms with Crippen molar-refractivity contribution in [2.75, 3.05) is 0 Å². The summed E-state index contributed by atoms with van der Waals surface area (Å²) < 4.78 is 4.89. The Morgan fingerprint density at radius 1 is 1.47 bits per heavy atom. The van der Waals surface area contributed by atoms with Gasteiger partial charge < -0.3 is 4.52 Å². The highest BCUT2D eigenvalue weighted by molar-refractivity contribution is 5.13. The van der Waals surface area contributed by atoms with Gasteiger partial charge in [0.1, 0.15) is 6.61 Å². The lowest BCUT2D eigenvalue weighted by Gasteiger charge is -1.93. The summed E-state index contributed by atoms with van der Waals surface area (Å²) in [5.41, 5.74) is 1.03. The van der Waals surface area contributed by atoms with Gasteiger partial charge in [-0.1, -0.05) is 11.2 Å². The van der Waals surface area contributed by atoms with Gasteiger partial charge in [-0.3, -0.25) is 9.82 Å². The number of nitrogens with two attached hydrogens (primary N) is 1. The lowest BCUT2D eigenvalue weighted by Crippen LogP contribution is -1.99. The van der Waals surface area contributed by atoms with Crippen LogP contribution < -0.4 is 5.90 Å². The van der Waals surface area contributed by atoms with Gasteiger partial charge in [0.15, 0.2) is 5.82 Å². The van der Waals surface area contributed by atoms with Crippen LogP contribution in [0.1, 0.15) is 17.3 Å². The fourth-order valence-corrected chi connectivity index (χ4v) is 1.18. The van der Waals surface area contributed by atoms with Gasteiger partial charge in [-0.05, 0) is 11.6 Å². The van der Waals surface area contributed by atoms with Crippen LogP contribution in [0.2, 0.25) is 0 Å². The molecule has 0 radical (unpaired) electrons. The third-order valence-corrected chi connectivity index (χ3v) is 1.80. The average molecular weight is 206 g/mol. The Morgan fingerprint density at radius 3 is 3.13 bits per heavy atom. The molecule has 0 fully saturated rings. The Hall–Kier alpha value is -1.79. The lowest BCUT2D eigenvalue weighted by molar-refractivity contribution is 0.0995. The zero-order valence-electron chi connectivity index (χ0n) is 7.96. The molecule has 0 aromatic carbocycles. The molecule has 0 unspecified atom stereocenters. The zero-order valence-corrected chi connectivity index (χ0v) is 7.96. The molecule has 0 saturated carbocycles. The first-order valence-corrected chi connectivity index (χ1v) is 4.40. The molecule has 2 N–H and O–H groups in total. The van der Waals surface area contributed by atoms with Crippen LogP contribution in [0.15, 0.2) is 29.0 Å². The molecule has 15 heavy (non-hydrogen) atoms. The third-order valence-electron chi connectivity index (χ3n) is 1.80. The Bertz CT molecular complexity index is 415. The molecule has 6 nitrogen and oxygen atoms in total. The smallest absolute Gasteiger partial charge is 0.254 e. The molecule has 0 aliphatic heterocycles. The second-order valence-electron chi connectivity index (χ2n) is 2.95. The first-order valence-electron chi connectivity index (χ1n) is 4.40. The molecule has 2 heterocycles. The van der Waals surface area contributed by atoms with Gasteiger partial charge in [-0.25, -0.2) is 5.90 Å². The predicted octanol–water partition coefficient (Wildman–Crippen LogP) is 0.446. The summed E-state index contributed by atoms with van der Waals surface area (Å²) in [6.07, 6.45) is 4.06. The molecule has 0 spiro atoms. The molecule has 0 bridgehead atoms. The van der Waals surface area contributed by atoms with Gasteiger partial charge in [0, 0.05) is 18.8 Å². The van der Waals surface area contributed by atoms with Crippen LogP contribution in [0.25, 0.3) is 0 Å². The van der Waals surface area contributed by atoms with Crippen LogP contribution in [-0.2, 0) is 17.9 Å². The number of nitrogens with zero attached hydrogens (tertiary/aromatic N) is 3. The van der Waals surface area contributed by atoms with Gasteiger partial charge in [-0.15, -0.1) is 0 Å². The fourth-order valence-electron chi connectivity index (χ4n) is 1.18. The minimum Gasteiger partial charge on any atom is -0.337 e. The molecule has 0 atom stereocenters. The van der Waals surface area contributed by atoms with Crippen molar-refractivity contribution >= 4 is 0 Å². The van der Waals surface area contributed by atoms with Crippen molar-refractivity contribution in [1.29, 1.82) is 0 Å². The van der Waals surface area contributed by atoms with E-state index in [1.807, 2.05) is 12.1 Å². The van der Waals surface area contributed by atoms with E-state index in [0.717, 1.165) is 5.56 Å². The molecular formula is C9H10N4O2. The summed E-state index contributed by atoms with van der Waals surface area (Å²) in [7, 11) is 0. The van der Waals surface area contributed by atoms with Gasteiger partial charge >= 0.3 is 0 Å². The van der Waals surface area contributed by atoms with E-state index in [2.05, 4.69) is 20.0 Å². The van der Waals surface area contributed by atoms with Crippen molar-refractivity contribution in [1.82, 2.24) is 15.1 Å². The van der Waals surface area contributed by atoms with Crippen molar-refractivity contribution in [3.63, 3.8) is 0 Å². The van der Waals surface area contributed by atoms with Gasteiger partial charge in [0.25, 0.3) is 5.89 Å². The summed E-state index contributed by atoms with van der Waals surface area (Å²) >= 11 is 0. The maximum atomic E-state index is 4.89. The largest absolute Gasteiger partial charge is 0.337 e. The number of pyridine rings is 1. The summed E-state index contributed by atoms with van der Waals surface area (Å²) in [5.74, 6) is 5.85. The Balaban J connectivity index is 2.05. The fraction of sp³-hybridized carbons (Fsp3) is 0.222. The molecule has 6 heteroatoms. The monoisotopic (exact) mass is 206 g/mol. The highest BCUT2D eigenvalue weighted by atomic mass is 16.6. The Labute approximate surface area is 86.0 Å². The Morgan fingerprint density at radius 2 is 2.40 bits per heavy atom. The van der Waals surface area contributed by atoms with E-state index in [9.17, 15) is 0 Å². The SMILES string of the molecule is NOCc1nc(Cc2cccnc2)no1. The second kappa shape index (κ2) is 4.63. The maximum absolute atomic E-state index is 4.89. The highest BCUT2D eigenvalue weighted by Gasteiger charge is 2.06. The molecule has 0 saturated heterocycles. The second-order valence-corrected chi connectivity index (χ2v) is 2.95. The number of aromatic nitrogens is 3. The summed E-state index contributed by atoms with van der Waals surface area (Å²) in [5, 5.41) is 3.78. The molecule has 0 aliphatic carbocycles. The molecule has 0 aliphatic rings.